The summed E-state index contributed by atoms with van der Waals surface area (Å²) in [6.45, 7) is 3.36. The van der Waals surface area contributed by atoms with Crippen molar-refractivity contribution in [3.05, 3.63) is 0 Å². The van der Waals surface area contributed by atoms with Crippen molar-refractivity contribution in [3.63, 3.8) is 0 Å². The molecule has 80 valence electrons. The van der Waals surface area contributed by atoms with E-state index in [0.717, 1.165) is 0 Å². The van der Waals surface area contributed by atoms with Crippen molar-refractivity contribution in [1.29, 1.82) is 0 Å². The molecule has 5 heteroatoms. The molecule has 1 N–H and O–H groups in total. The number of ketones is 1. The smallest absolute Gasteiger partial charge is 0.385 e. The molecule has 0 amide bonds. The fourth-order valence-electron chi connectivity index (χ4n) is 1.54. The third kappa shape index (κ3) is 1.99. The highest BCUT2D eigenvalue weighted by molar-refractivity contribution is 6.40. The number of Topliss-reactive ketones (excluding diaryl/α,β-unsaturated/α-hetero) is 1. The highest BCUT2D eigenvalue weighted by Crippen LogP contribution is 2.57. The van der Waals surface area contributed by atoms with Gasteiger partial charge < -0.3 is 15.0 Å². The standard InChI is InChI=1S/C10H10O5/c1-10(2)5(7(10)9(14)15)3-4-6(11)8(12)13/h5,7H,1-2H3,(H,12,13)(H,14,15)/p-1. The van der Waals surface area contributed by atoms with Gasteiger partial charge in [-0.3, -0.25) is 4.79 Å². The van der Waals surface area contributed by atoms with Crippen LogP contribution < -0.4 is 5.11 Å². The van der Waals surface area contributed by atoms with Crippen molar-refractivity contribution in [2.24, 2.45) is 17.3 Å². The number of carboxylic acids is 2. The highest BCUT2D eigenvalue weighted by Gasteiger charge is 2.57. The molecule has 2 atom stereocenters. The normalized spacial score (nSPS) is 26.0. The quantitative estimate of drug-likeness (QED) is 0.345. The van der Waals surface area contributed by atoms with Crippen LogP contribution in [0.5, 0.6) is 0 Å². The van der Waals surface area contributed by atoms with E-state index in [1.54, 1.807) is 13.8 Å². The number of hydrogen-bond donors (Lipinski definition) is 1. The topological polar surface area (TPSA) is 94.5 Å². The average Bonchev–Trinajstić information content (AvgIpc) is 2.63. The van der Waals surface area contributed by atoms with Crippen LogP contribution in [-0.4, -0.2) is 22.8 Å². The van der Waals surface area contributed by atoms with E-state index in [4.69, 9.17) is 5.11 Å². The Morgan fingerprint density at radius 3 is 2.20 bits per heavy atom. The molecule has 0 saturated heterocycles. The van der Waals surface area contributed by atoms with Crippen LogP contribution in [0.1, 0.15) is 13.8 Å². The van der Waals surface area contributed by atoms with Crippen LogP contribution in [0.25, 0.3) is 0 Å². The molecule has 0 aromatic carbocycles. The molecule has 0 aromatic rings. The first-order valence-corrected chi connectivity index (χ1v) is 4.28. The van der Waals surface area contributed by atoms with Gasteiger partial charge in [-0.25, -0.2) is 4.79 Å². The maximum Gasteiger partial charge on any atom is 0.385 e. The predicted molar refractivity (Wildman–Crippen MR) is 46.2 cm³/mol. The zero-order valence-corrected chi connectivity index (χ0v) is 8.23. The minimum absolute atomic E-state index is 0.509. The summed E-state index contributed by atoms with van der Waals surface area (Å²) in [4.78, 5) is 31.3. The first-order valence-electron chi connectivity index (χ1n) is 4.28. The van der Waals surface area contributed by atoms with E-state index in [1.165, 1.54) is 0 Å². The van der Waals surface area contributed by atoms with E-state index < -0.39 is 35.0 Å². The SMILES string of the molecule is CC1(C)C(C#CC(=O)C(=O)O)C1C(=O)[O-]. The molecule has 0 heterocycles. The largest absolute Gasteiger partial charge is 0.550 e. The first-order chi connectivity index (χ1) is 6.78. The molecular weight excluding hydrogens is 200 g/mol. The van der Waals surface area contributed by atoms with Crippen LogP contribution in [0.4, 0.5) is 0 Å². The Morgan fingerprint density at radius 1 is 1.33 bits per heavy atom. The summed E-state index contributed by atoms with van der Waals surface area (Å²) in [6, 6.07) is 0. The van der Waals surface area contributed by atoms with Crippen molar-refractivity contribution in [2.75, 3.05) is 0 Å². The van der Waals surface area contributed by atoms with Gasteiger partial charge >= 0.3 is 11.8 Å². The minimum Gasteiger partial charge on any atom is -0.550 e. The molecule has 15 heavy (non-hydrogen) atoms. The molecule has 5 nitrogen and oxygen atoms in total. The second-order valence-electron chi connectivity index (χ2n) is 4.00. The predicted octanol–water partition coefficient (Wildman–Crippen LogP) is -1.33. The van der Waals surface area contributed by atoms with Gasteiger partial charge in [0, 0.05) is 17.8 Å². The maximum atomic E-state index is 10.6. The van der Waals surface area contributed by atoms with Gasteiger partial charge in [0.15, 0.2) is 0 Å². The summed E-state index contributed by atoms with van der Waals surface area (Å²) < 4.78 is 0. The summed E-state index contributed by atoms with van der Waals surface area (Å²) in [5.74, 6) is -1.06. The Hall–Kier alpha value is -1.83. The fraction of sp³-hybridized carbons (Fsp3) is 0.500. The number of carbonyl (C=O) groups excluding carboxylic acids is 2. The van der Waals surface area contributed by atoms with Crippen LogP contribution >= 0.6 is 0 Å². The zero-order valence-electron chi connectivity index (χ0n) is 8.23. The lowest BCUT2D eigenvalue weighted by atomic mass is 10.1. The van der Waals surface area contributed by atoms with Gasteiger partial charge in [0.2, 0.25) is 0 Å². The summed E-state index contributed by atoms with van der Waals surface area (Å²) in [6.07, 6.45) is 0. The van der Waals surface area contributed by atoms with Crippen molar-refractivity contribution in [1.82, 2.24) is 0 Å². The molecule has 0 aliphatic heterocycles. The Labute approximate surface area is 86.1 Å². The van der Waals surface area contributed by atoms with Gasteiger partial charge in [0.25, 0.3) is 0 Å². The molecule has 1 fully saturated rings. The van der Waals surface area contributed by atoms with E-state index in [-0.39, 0.29) is 0 Å². The van der Waals surface area contributed by atoms with E-state index in [9.17, 15) is 19.5 Å². The second-order valence-corrected chi connectivity index (χ2v) is 4.00. The molecule has 1 aliphatic rings. The fourth-order valence-corrected chi connectivity index (χ4v) is 1.54. The lowest BCUT2D eigenvalue weighted by Gasteiger charge is -2.00. The van der Waals surface area contributed by atoms with E-state index >= 15 is 0 Å². The Kier molecular flexibility index (Phi) is 2.54. The maximum absolute atomic E-state index is 10.6. The molecule has 1 rings (SSSR count). The summed E-state index contributed by atoms with van der Waals surface area (Å²) in [5.41, 5.74) is -0.551. The van der Waals surface area contributed by atoms with E-state index in [0.29, 0.717) is 0 Å². The molecule has 2 unspecified atom stereocenters. The zero-order chi connectivity index (χ0) is 11.8. The Morgan fingerprint density at radius 2 is 1.87 bits per heavy atom. The monoisotopic (exact) mass is 209 g/mol. The van der Waals surface area contributed by atoms with Crippen LogP contribution in [0.3, 0.4) is 0 Å². The number of carboxylic acid groups (broad SMARTS) is 2. The Bertz CT molecular complexity index is 396. The summed E-state index contributed by atoms with van der Waals surface area (Å²) in [5, 5.41) is 18.8. The molecule has 1 saturated carbocycles. The van der Waals surface area contributed by atoms with Crippen LogP contribution in [0.15, 0.2) is 0 Å². The van der Waals surface area contributed by atoms with E-state index in [2.05, 4.69) is 5.92 Å². The third-order valence-corrected chi connectivity index (χ3v) is 2.62. The first kappa shape index (κ1) is 11.2. The van der Waals surface area contributed by atoms with Crippen LogP contribution in [0.2, 0.25) is 0 Å². The van der Waals surface area contributed by atoms with Crippen LogP contribution in [0, 0.1) is 29.1 Å². The van der Waals surface area contributed by atoms with Gasteiger partial charge in [-0.15, -0.1) is 0 Å². The van der Waals surface area contributed by atoms with Gasteiger partial charge in [0.1, 0.15) is 0 Å². The van der Waals surface area contributed by atoms with Gasteiger partial charge in [-0.2, -0.15) is 0 Å². The minimum atomic E-state index is -1.63. The number of hydrogen-bond acceptors (Lipinski definition) is 4. The van der Waals surface area contributed by atoms with Crippen molar-refractivity contribution >= 4 is 17.7 Å². The lowest BCUT2D eigenvalue weighted by molar-refractivity contribution is -0.308. The number of carbonyl (C=O) groups is 3. The van der Waals surface area contributed by atoms with Gasteiger partial charge in [-0.1, -0.05) is 19.8 Å². The van der Waals surface area contributed by atoms with Crippen molar-refractivity contribution < 1.29 is 24.6 Å². The summed E-state index contributed by atoms with van der Waals surface area (Å²) >= 11 is 0. The van der Waals surface area contributed by atoms with Crippen molar-refractivity contribution in [3.8, 4) is 11.8 Å². The Balaban J connectivity index is 2.74. The average molecular weight is 209 g/mol. The molecule has 1 aliphatic carbocycles. The molecule has 0 bridgehead atoms. The highest BCUT2D eigenvalue weighted by atomic mass is 16.4. The lowest BCUT2D eigenvalue weighted by Crippen LogP contribution is -2.26. The molecular formula is C10H9O5-. The number of rotatable bonds is 2. The van der Waals surface area contributed by atoms with Crippen LogP contribution in [-0.2, 0) is 14.4 Å². The summed E-state index contributed by atoms with van der Waals surface area (Å²) in [7, 11) is 0. The van der Waals surface area contributed by atoms with Gasteiger partial charge in [-0.05, 0) is 11.3 Å². The molecule has 0 aromatic heterocycles. The number of aliphatic carboxylic acids is 2. The third-order valence-electron chi connectivity index (χ3n) is 2.62. The van der Waals surface area contributed by atoms with E-state index in [1.807, 2.05) is 5.92 Å². The second kappa shape index (κ2) is 3.39. The van der Waals surface area contributed by atoms with Gasteiger partial charge in [0.05, 0.1) is 0 Å². The molecule has 0 spiro atoms. The van der Waals surface area contributed by atoms with Crippen molar-refractivity contribution in [2.45, 2.75) is 13.8 Å². The molecule has 0 radical (unpaired) electrons.